The van der Waals surface area contributed by atoms with Crippen molar-refractivity contribution in [2.45, 2.75) is 44.1 Å². The van der Waals surface area contributed by atoms with E-state index in [0.29, 0.717) is 19.0 Å². The molecule has 1 unspecified atom stereocenters. The third-order valence-electron chi connectivity index (χ3n) is 5.88. The van der Waals surface area contributed by atoms with Crippen LogP contribution in [0.1, 0.15) is 42.9 Å². The van der Waals surface area contributed by atoms with E-state index in [1.165, 1.54) is 29.5 Å². The first-order valence-corrected chi connectivity index (χ1v) is 9.41. The summed E-state index contributed by atoms with van der Waals surface area (Å²) in [7, 11) is 0. The normalized spacial score (nSPS) is 21.7. The van der Waals surface area contributed by atoms with E-state index >= 15 is 0 Å². The molecule has 2 aliphatic heterocycles. The third-order valence-corrected chi connectivity index (χ3v) is 5.88. The van der Waals surface area contributed by atoms with Crippen LogP contribution in [-0.2, 0) is 11.2 Å². The molecule has 0 bridgehead atoms. The number of nitriles is 1. The van der Waals surface area contributed by atoms with E-state index < -0.39 is 0 Å². The standard InChI is InChI=1S/C20H21N5O/c21-12-24-9-2-5-18(24)20(26)25-10-8-15-14(3-1-4-17(15)25)16-11-22-23-19(16)13-6-7-13/h1,3-4,11,13,18H,2,5-10H2,(H,22,23). The number of anilines is 1. The minimum Gasteiger partial charge on any atom is -0.310 e. The number of aromatic nitrogens is 2. The highest BCUT2D eigenvalue weighted by Crippen LogP contribution is 2.45. The molecule has 26 heavy (non-hydrogen) atoms. The van der Waals surface area contributed by atoms with Crippen molar-refractivity contribution in [3.63, 3.8) is 0 Å². The molecule has 1 amide bonds. The highest BCUT2D eigenvalue weighted by Gasteiger charge is 2.37. The molecule has 1 N–H and O–H groups in total. The van der Waals surface area contributed by atoms with E-state index in [2.05, 4.69) is 22.5 Å². The van der Waals surface area contributed by atoms with E-state index in [1.54, 1.807) is 4.90 Å². The molecule has 6 heteroatoms. The molecule has 0 radical (unpaired) electrons. The molecule has 1 atom stereocenters. The van der Waals surface area contributed by atoms with Gasteiger partial charge in [0, 0.05) is 36.5 Å². The number of likely N-dealkylation sites (tertiary alicyclic amines) is 1. The number of nitrogens with zero attached hydrogens (tertiary/aromatic N) is 4. The van der Waals surface area contributed by atoms with Crippen LogP contribution >= 0.6 is 0 Å². The Morgan fingerprint density at radius 1 is 1.23 bits per heavy atom. The zero-order valence-electron chi connectivity index (χ0n) is 14.6. The lowest BCUT2D eigenvalue weighted by molar-refractivity contribution is -0.121. The third kappa shape index (κ3) is 2.31. The Hall–Kier alpha value is -2.81. The molecular weight excluding hydrogens is 326 g/mol. The van der Waals surface area contributed by atoms with Gasteiger partial charge in [0.1, 0.15) is 6.04 Å². The van der Waals surface area contributed by atoms with Crippen molar-refractivity contribution in [2.24, 2.45) is 0 Å². The van der Waals surface area contributed by atoms with Crippen molar-refractivity contribution in [2.75, 3.05) is 18.0 Å². The lowest BCUT2D eigenvalue weighted by Gasteiger charge is -2.25. The van der Waals surface area contributed by atoms with Crippen LogP contribution in [0, 0.1) is 11.5 Å². The lowest BCUT2D eigenvalue weighted by Crippen LogP contribution is -2.43. The summed E-state index contributed by atoms with van der Waals surface area (Å²) in [6.07, 6.45) is 9.12. The van der Waals surface area contributed by atoms with Gasteiger partial charge in [-0.15, -0.1) is 0 Å². The number of H-pyrrole nitrogens is 1. The Bertz CT molecular complexity index is 907. The maximum Gasteiger partial charge on any atom is 0.250 e. The average Bonchev–Trinajstić information content (AvgIpc) is 3.10. The fourth-order valence-electron chi connectivity index (χ4n) is 4.42. The second kappa shape index (κ2) is 5.87. The van der Waals surface area contributed by atoms with E-state index in [0.717, 1.165) is 30.6 Å². The Kier molecular flexibility index (Phi) is 3.49. The van der Waals surface area contributed by atoms with Crippen LogP contribution in [0.4, 0.5) is 5.69 Å². The van der Waals surface area contributed by atoms with Gasteiger partial charge < -0.3 is 4.90 Å². The highest BCUT2D eigenvalue weighted by atomic mass is 16.2. The molecule has 132 valence electrons. The molecule has 2 fully saturated rings. The molecule has 1 aromatic carbocycles. The van der Waals surface area contributed by atoms with Gasteiger partial charge in [-0.1, -0.05) is 12.1 Å². The Morgan fingerprint density at radius 2 is 2.12 bits per heavy atom. The fourth-order valence-corrected chi connectivity index (χ4v) is 4.42. The summed E-state index contributed by atoms with van der Waals surface area (Å²) >= 11 is 0. The van der Waals surface area contributed by atoms with Crippen molar-refractivity contribution in [3.8, 4) is 17.3 Å². The number of fused-ring (bicyclic) bond motifs is 1. The van der Waals surface area contributed by atoms with Crippen LogP contribution in [0.15, 0.2) is 24.4 Å². The van der Waals surface area contributed by atoms with Crippen molar-refractivity contribution < 1.29 is 4.79 Å². The molecule has 1 aliphatic carbocycles. The van der Waals surface area contributed by atoms with Gasteiger partial charge in [0.25, 0.3) is 0 Å². The average molecular weight is 347 g/mol. The topological polar surface area (TPSA) is 76.0 Å². The Balaban J connectivity index is 1.50. The first kappa shape index (κ1) is 15.4. The van der Waals surface area contributed by atoms with Gasteiger partial charge in [-0.25, -0.2) is 0 Å². The number of carbonyl (C=O) groups is 1. The van der Waals surface area contributed by atoms with Crippen molar-refractivity contribution >= 4 is 11.6 Å². The number of hydrogen-bond donors (Lipinski definition) is 1. The van der Waals surface area contributed by atoms with E-state index in [1.807, 2.05) is 23.2 Å². The molecule has 2 aromatic rings. The second-order valence-electron chi connectivity index (χ2n) is 7.45. The number of hydrogen-bond acceptors (Lipinski definition) is 4. The first-order valence-electron chi connectivity index (χ1n) is 9.41. The number of amides is 1. The van der Waals surface area contributed by atoms with Gasteiger partial charge in [0.05, 0.1) is 5.69 Å². The zero-order valence-corrected chi connectivity index (χ0v) is 14.6. The van der Waals surface area contributed by atoms with E-state index in [9.17, 15) is 10.1 Å². The number of rotatable bonds is 3. The maximum atomic E-state index is 13.1. The Morgan fingerprint density at radius 3 is 2.92 bits per heavy atom. The number of aromatic amines is 1. The summed E-state index contributed by atoms with van der Waals surface area (Å²) in [4.78, 5) is 16.6. The van der Waals surface area contributed by atoms with Crippen LogP contribution in [0.25, 0.3) is 11.1 Å². The molecule has 1 saturated carbocycles. The molecule has 1 saturated heterocycles. The zero-order chi connectivity index (χ0) is 17.7. The maximum absolute atomic E-state index is 13.1. The molecule has 1 aromatic heterocycles. The number of benzene rings is 1. The highest BCUT2D eigenvalue weighted by molar-refractivity contribution is 6.00. The van der Waals surface area contributed by atoms with Gasteiger partial charge >= 0.3 is 0 Å². The summed E-state index contributed by atoms with van der Waals surface area (Å²) in [5.74, 6) is 0.642. The number of nitrogens with one attached hydrogen (secondary N) is 1. The summed E-state index contributed by atoms with van der Waals surface area (Å²) in [6.45, 7) is 1.38. The molecule has 0 spiro atoms. The van der Waals surface area contributed by atoms with E-state index in [4.69, 9.17) is 0 Å². The minimum atomic E-state index is -0.300. The molecule has 3 heterocycles. The van der Waals surface area contributed by atoms with Gasteiger partial charge in [-0.2, -0.15) is 10.4 Å². The van der Waals surface area contributed by atoms with Gasteiger partial charge in [0.2, 0.25) is 5.91 Å². The molecular formula is C20H21N5O. The largest absolute Gasteiger partial charge is 0.310 e. The smallest absolute Gasteiger partial charge is 0.250 e. The summed E-state index contributed by atoms with van der Waals surface area (Å²) < 4.78 is 0. The van der Waals surface area contributed by atoms with Crippen molar-refractivity contribution in [3.05, 3.63) is 35.7 Å². The summed E-state index contributed by atoms with van der Waals surface area (Å²) in [6, 6.07) is 5.90. The Labute approximate surface area is 152 Å². The van der Waals surface area contributed by atoms with Crippen LogP contribution < -0.4 is 4.90 Å². The van der Waals surface area contributed by atoms with E-state index in [-0.39, 0.29) is 11.9 Å². The molecule has 6 nitrogen and oxygen atoms in total. The second-order valence-corrected chi connectivity index (χ2v) is 7.45. The lowest BCUT2D eigenvalue weighted by atomic mass is 9.97. The fraction of sp³-hybridized carbons (Fsp3) is 0.450. The van der Waals surface area contributed by atoms with Crippen molar-refractivity contribution in [1.82, 2.24) is 15.1 Å². The van der Waals surface area contributed by atoms with Crippen molar-refractivity contribution in [1.29, 1.82) is 5.26 Å². The predicted octanol–water partition coefficient (Wildman–Crippen LogP) is 2.79. The van der Waals surface area contributed by atoms with Crippen LogP contribution in [0.2, 0.25) is 0 Å². The number of carbonyl (C=O) groups excluding carboxylic acids is 1. The SMILES string of the molecule is N#CN1CCCC1C(=O)N1CCc2c(-c3c[nH]nc3C3CC3)cccc21. The van der Waals surface area contributed by atoms with Crippen LogP contribution in [0.5, 0.6) is 0 Å². The molecule has 5 rings (SSSR count). The summed E-state index contributed by atoms with van der Waals surface area (Å²) in [5, 5.41) is 16.8. The van der Waals surface area contributed by atoms with Crippen LogP contribution in [0.3, 0.4) is 0 Å². The quantitative estimate of drug-likeness (QED) is 0.866. The predicted molar refractivity (Wildman–Crippen MR) is 97.4 cm³/mol. The van der Waals surface area contributed by atoms with Gasteiger partial charge in [-0.3, -0.25) is 14.8 Å². The van der Waals surface area contributed by atoms with Gasteiger partial charge in [0.15, 0.2) is 6.19 Å². The van der Waals surface area contributed by atoms with Gasteiger partial charge in [-0.05, 0) is 49.3 Å². The molecule has 3 aliphatic rings. The minimum absolute atomic E-state index is 0.0644. The summed E-state index contributed by atoms with van der Waals surface area (Å²) in [5.41, 5.74) is 5.76. The monoisotopic (exact) mass is 347 g/mol. The first-order chi connectivity index (χ1) is 12.8. The van der Waals surface area contributed by atoms with Crippen LogP contribution in [-0.4, -0.2) is 40.1 Å².